The number of rotatable bonds is 4. The molecule has 0 aliphatic carbocycles. The molecule has 0 spiro atoms. The quantitative estimate of drug-likeness (QED) is 0.200. The van der Waals surface area contributed by atoms with E-state index in [9.17, 15) is 10.1 Å². The summed E-state index contributed by atoms with van der Waals surface area (Å²) >= 11 is 6.49. The SMILES string of the molecule is O=[N+]([O-])c1ccc(N=C(Cl)N(c2ccccc2)c2ccccc2)cc1. The van der Waals surface area contributed by atoms with E-state index in [1.807, 2.05) is 65.6 Å². The molecule has 3 aromatic rings. The molecule has 0 saturated carbocycles. The molecule has 124 valence electrons. The first kappa shape index (κ1) is 16.7. The molecule has 5 nitrogen and oxygen atoms in total. The van der Waals surface area contributed by atoms with Gasteiger partial charge in [-0.15, -0.1) is 0 Å². The minimum Gasteiger partial charge on any atom is -0.285 e. The van der Waals surface area contributed by atoms with Gasteiger partial charge in [-0.3, -0.25) is 15.0 Å². The molecular weight excluding hydrogens is 338 g/mol. The summed E-state index contributed by atoms with van der Waals surface area (Å²) in [6, 6.07) is 25.2. The summed E-state index contributed by atoms with van der Waals surface area (Å²) in [6.07, 6.45) is 0. The fourth-order valence-corrected chi connectivity index (χ4v) is 2.61. The Kier molecular flexibility index (Phi) is 5.06. The summed E-state index contributed by atoms with van der Waals surface area (Å²) < 4.78 is 0. The predicted molar refractivity (Wildman–Crippen MR) is 101 cm³/mol. The van der Waals surface area contributed by atoms with Crippen molar-refractivity contribution >= 4 is 39.6 Å². The highest BCUT2D eigenvalue weighted by Crippen LogP contribution is 2.28. The summed E-state index contributed by atoms with van der Waals surface area (Å²) in [5, 5.41) is 11.0. The van der Waals surface area contributed by atoms with Gasteiger partial charge in [-0.2, -0.15) is 0 Å². The minimum atomic E-state index is -0.449. The van der Waals surface area contributed by atoms with Crippen molar-refractivity contribution in [2.45, 2.75) is 0 Å². The van der Waals surface area contributed by atoms with Crippen LogP contribution in [0.4, 0.5) is 22.7 Å². The van der Waals surface area contributed by atoms with Gasteiger partial charge in [0.2, 0.25) is 5.29 Å². The molecule has 0 aliphatic heterocycles. The van der Waals surface area contributed by atoms with E-state index in [-0.39, 0.29) is 11.0 Å². The molecule has 0 radical (unpaired) electrons. The molecule has 3 rings (SSSR count). The van der Waals surface area contributed by atoms with Crippen molar-refractivity contribution in [1.29, 1.82) is 0 Å². The number of nitrogens with zero attached hydrogens (tertiary/aromatic N) is 3. The van der Waals surface area contributed by atoms with E-state index in [0.29, 0.717) is 5.69 Å². The van der Waals surface area contributed by atoms with Gasteiger partial charge in [0.05, 0.1) is 10.6 Å². The molecular formula is C19H14ClN3O2. The van der Waals surface area contributed by atoms with Crippen LogP contribution in [0.25, 0.3) is 0 Å². The van der Waals surface area contributed by atoms with Crippen molar-refractivity contribution in [1.82, 2.24) is 0 Å². The fraction of sp³-hybridized carbons (Fsp3) is 0. The molecule has 0 bridgehead atoms. The number of hydrogen-bond acceptors (Lipinski definition) is 3. The van der Waals surface area contributed by atoms with E-state index in [0.717, 1.165) is 11.4 Å². The topological polar surface area (TPSA) is 58.7 Å². The summed E-state index contributed by atoms with van der Waals surface area (Å²) in [6.45, 7) is 0. The highest BCUT2D eigenvalue weighted by molar-refractivity contribution is 6.68. The first-order valence-corrected chi connectivity index (χ1v) is 7.92. The van der Waals surface area contributed by atoms with E-state index in [4.69, 9.17) is 11.6 Å². The van der Waals surface area contributed by atoms with Crippen LogP contribution in [-0.4, -0.2) is 10.2 Å². The number of halogens is 1. The maximum atomic E-state index is 10.7. The second-order valence-corrected chi connectivity index (χ2v) is 5.50. The lowest BCUT2D eigenvalue weighted by Crippen LogP contribution is -2.20. The average Bonchev–Trinajstić information content (AvgIpc) is 2.64. The maximum absolute atomic E-state index is 10.7. The Hall–Kier alpha value is -3.18. The van der Waals surface area contributed by atoms with Crippen molar-refractivity contribution in [3.05, 3.63) is 95.0 Å². The lowest BCUT2D eigenvalue weighted by molar-refractivity contribution is -0.384. The van der Waals surface area contributed by atoms with Gasteiger partial charge in [-0.25, -0.2) is 4.99 Å². The third kappa shape index (κ3) is 4.02. The van der Waals surface area contributed by atoms with Crippen LogP contribution in [0, 0.1) is 10.1 Å². The number of nitro benzene ring substituents is 1. The number of non-ortho nitro benzene ring substituents is 1. The first-order valence-electron chi connectivity index (χ1n) is 7.54. The van der Waals surface area contributed by atoms with Crippen molar-refractivity contribution in [3.8, 4) is 0 Å². The van der Waals surface area contributed by atoms with Gasteiger partial charge in [-0.1, -0.05) is 36.4 Å². The number of benzene rings is 3. The third-order valence-electron chi connectivity index (χ3n) is 3.50. The summed E-state index contributed by atoms with van der Waals surface area (Å²) in [5.41, 5.74) is 2.28. The van der Waals surface area contributed by atoms with Crippen LogP contribution in [0.2, 0.25) is 0 Å². The van der Waals surface area contributed by atoms with E-state index in [1.54, 1.807) is 12.1 Å². The number of nitro groups is 1. The zero-order valence-corrected chi connectivity index (χ0v) is 13.9. The highest BCUT2D eigenvalue weighted by atomic mass is 35.5. The van der Waals surface area contributed by atoms with Crippen LogP contribution < -0.4 is 4.90 Å². The van der Waals surface area contributed by atoms with Gasteiger partial charge < -0.3 is 0 Å². The number of anilines is 2. The van der Waals surface area contributed by atoms with Crippen molar-refractivity contribution in [2.24, 2.45) is 4.99 Å². The average molecular weight is 352 g/mol. The van der Waals surface area contributed by atoms with Crippen LogP contribution in [0.1, 0.15) is 0 Å². The number of aliphatic imine (C=N–C) groups is 1. The largest absolute Gasteiger partial charge is 0.285 e. The molecule has 25 heavy (non-hydrogen) atoms. The summed E-state index contributed by atoms with van der Waals surface area (Å²) in [7, 11) is 0. The standard InChI is InChI=1S/C19H14ClN3O2/c20-19(21-15-11-13-18(14-12-15)23(24)25)22(16-7-3-1-4-8-16)17-9-5-2-6-10-17/h1-14H. The van der Waals surface area contributed by atoms with Crippen LogP contribution in [-0.2, 0) is 0 Å². The van der Waals surface area contributed by atoms with Crippen LogP contribution >= 0.6 is 11.6 Å². The smallest absolute Gasteiger partial charge is 0.269 e. The summed E-state index contributed by atoms with van der Waals surface area (Å²) in [5.74, 6) is 0. The molecule has 6 heteroatoms. The Morgan fingerprint density at radius 1 is 0.840 bits per heavy atom. The maximum Gasteiger partial charge on any atom is 0.269 e. The lowest BCUT2D eigenvalue weighted by Gasteiger charge is -2.22. The van der Waals surface area contributed by atoms with Gasteiger partial charge >= 0.3 is 0 Å². The Bertz CT molecular complexity index is 842. The van der Waals surface area contributed by atoms with Crippen molar-refractivity contribution < 1.29 is 4.92 Å². The molecule has 3 aromatic carbocycles. The minimum absolute atomic E-state index is 0.0121. The van der Waals surface area contributed by atoms with Gasteiger partial charge in [0.15, 0.2) is 0 Å². The molecule has 0 aromatic heterocycles. The normalized spacial score (nSPS) is 11.2. The second kappa shape index (κ2) is 7.59. The number of para-hydroxylation sites is 2. The van der Waals surface area contributed by atoms with Crippen LogP contribution in [0.3, 0.4) is 0 Å². The zero-order chi connectivity index (χ0) is 17.6. The molecule has 0 fully saturated rings. The molecule has 0 saturated heterocycles. The Morgan fingerprint density at radius 2 is 1.32 bits per heavy atom. The predicted octanol–water partition coefficient (Wildman–Crippen LogP) is 5.66. The molecule has 0 atom stereocenters. The number of hydrogen-bond donors (Lipinski definition) is 0. The lowest BCUT2D eigenvalue weighted by atomic mass is 10.2. The van der Waals surface area contributed by atoms with Crippen LogP contribution in [0.5, 0.6) is 0 Å². The van der Waals surface area contributed by atoms with Crippen LogP contribution in [0.15, 0.2) is 89.9 Å². The Morgan fingerprint density at radius 3 is 1.76 bits per heavy atom. The number of amidine groups is 1. The van der Waals surface area contributed by atoms with Gasteiger partial charge in [0.1, 0.15) is 0 Å². The van der Waals surface area contributed by atoms with Crippen molar-refractivity contribution in [3.63, 3.8) is 0 Å². The third-order valence-corrected chi connectivity index (χ3v) is 3.75. The Balaban J connectivity index is 1.99. The monoisotopic (exact) mass is 351 g/mol. The summed E-state index contributed by atoms with van der Waals surface area (Å²) in [4.78, 5) is 16.5. The van der Waals surface area contributed by atoms with E-state index >= 15 is 0 Å². The molecule has 0 heterocycles. The molecule has 0 amide bonds. The molecule has 0 unspecified atom stereocenters. The van der Waals surface area contributed by atoms with E-state index in [2.05, 4.69) is 4.99 Å². The van der Waals surface area contributed by atoms with Gasteiger partial charge in [0, 0.05) is 23.5 Å². The zero-order valence-electron chi connectivity index (χ0n) is 13.1. The van der Waals surface area contributed by atoms with E-state index < -0.39 is 4.92 Å². The highest BCUT2D eigenvalue weighted by Gasteiger charge is 2.14. The van der Waals surface area contributed by atoms with Crippen molar-refractivity contribution in [2.75, 3.05) is 4.90 Å². The van der Waals surface area contributed by atoms with Gasteiger partial charge in [0.25, 0.3) is 5.69 Å². The molecule has 0 N–H and O–H groups in total. The second-order valence-electron chi connectivity index (χ2n) is 5.16. The molecule has 0 aliphatic rings. The fourth-order valence-electron chi connectivity index (χ4n) is 2.32. The van der Waals surface area contributed by atoms with Gasteiger partial charge in [-0.05, 0) is 48.0 Å². The first-order chi connectivity index (χ1) is 12.1. The Labute approximate surface area is 150 Å². The van der Waals surface area contributed by atoms with E-state index in [1.165, 1.54) is 12.1 Å².